The van der Waals surface area contributed by atoms with Crippen molar-refractivity contribution >= 4 is 28.5 Å². The second-order valence-electron chi connectivity index (χ2n) is 10.7. The molecule has 0 unspecified atom stereocenters. The van der Waals surface area contributed by atoms with Crippen molar-refractivity contribution in [3.63, 3.8) is 0 Å². The van der Waals surface area contributed by atoms with Gasteiger partial charge in [-0.3, -0.25) is 14.4 Å². The van der Waals surface area contributed by atoms with Gasteiger partial charge in [-0.2, -0.15) is 0 Å². The Bertz CT molecular complexity index is 1480. The predicted octanol–water partition coefficient (Wildman–Crippen LogP) is 4.54. The first-order valence-corrected chi connectivity index (χ1v) is 12.6. The second kappa shape index (κ2) is 8.84. The zero-order valence-electron chi connectivity index (χ0n) is 22.8. The van der Waals surface area contributed by atoms with Crippen molar-refractivity contribution < 1.29 is 23.5 Å². The van der Waals surface area contributed by atoms with Crippen molar-refractivity contribution in [3.8, 4) is 16.9 Å². The van der Waals surface area contributed by atoms with Crippen LogP contribution in [-0.4, -0.2) is 32.6 Å². The third-order valence-electron chi connectivity index (χ3n) is 8.25. The van der Waals surface area contributed by atoms with E-state index in [2.05, 4.69) is 10.3 Å². The first kappa shape index (κ1) is 19.6. The van der Waals surface area contributed by atoms with Gasteiger partial charge in [0.15, 0.2) is 0 Å². The molecular formula is C28H31N3O5. The van der Waals surface area contributed by atoms with Gasteiger partial charge in [-0.15, -0.1) is 0 Å². The molecule has 3 N–H and O–H groups in total. The van der Waals surface area contributed by atoms with E-state index in [1.54, 1.807) is 30.5 Å². The number of ether oxygens (including phenoxy) is 1. The summed E-state index contributed by atoms with van der Waals surface area (Å²) in [6, 6.07) is 6.92. The number of benzene rings is 1. The Morgan fingerprint density at radius 3 is 2.56 bits per heavy atom. The maximum atomic E-state index is 13.0. The molecule has 0 aliphatic heterocycles. The Labute approximate surface area is 212 Å². The number of aromatic amines is 1. The summed E-state index contributed by atoms with van der Waals surface area (Å²) < 4.78 is 31.3. The minimum atomic E-state index is -2.70. The van der Waals surface area contributed by atoms with Crippen LogP contribution in [0.1, 0.15) is 49.1 Å². The summed E-state index contributed by atoms with van der Waals surface area (Å²) in [6.45, 7) is -2.70. The summed E-state index contributed by atoms with van der Waals surface area (Å²) in [4.78, 5) is 39.1. The lowest BCUT2D eigenvalue weighted by Crippen LogP contribution is -2.50. The molecule has 0 spiro atoms. The van der Waals surface area contributed by atoms with E-state index in [0.717, 1.165) is 42.1 Å². The number of rotatable bonds is 7. The predicted molar refractivity (Wildman–Crippen MR) is 136 cm³/mol. The molecule has 2 aromatic heterocycles. The van der Waals surface area contributed by atoms with Crippen LogP contribution in [0.5, 0.6) is 5.75 Å². The van der Waals surface area contributed by atoms with Crippen LogP contribution in [-0.2, 0) is 16.6 Å². The Hall–Kier alpha value is -3.55. The van der Waals surface area contributed by atoms with Crippen LogP contribution >= 0.6 is 0 Å². The van der Waals surface area contributed by atoms with Crippen molar-refractivity contribution in [1.82, 2.24) is 9.55 Å². The first-order chi connectivity index (χ1) is 18.6. The van der Waals surface area contributed by atoms with E-state index >= 15 is 0 Å². The van der Waals surface area contributed by atoms with Crippen molar-refractivity contribution in [1.29, 1.82) is 0 Å². The number of carbonyl (C=O) groups excluding carboxylic acids is 1. The Balaban J connectivity index is 1.43. The maximum Gasteiger partial charge on any atom is 0.303 e. The van der Waals surface area contributed by atoms with Crippen LogP contribution in [0.3, 0.4) is 0 Å². The van der Waals surface area contributed by atoms with Crippen LogP contribution in [0.25, 0.3) is 22.0 Å². The number of hydrogen-bond donors (Lipinski definition) is 3. The molecule has 0 radical (unpaired) electrons. The zero-order chi connectivity index (χ0) is 27.5. The average molecular weight is 493 g/mol. The average Bonchev–Trinajstić information content (AvgIpc) is 3.36. The minimum absolute atomic E-state index is 0.0581. The topological polar surface area (TPSA) is 113 Å². The summed E-state index contributed by atoms with van der Waals surface area (Å²) in [6.07, 6.45) is 8.49. The van der Waals surface area contributed by atoms with Gasteiger partial charge in [0.05, 0.1) is 6.42 Å². The molecule has 0 atom stereocenters. The third kappa shape index (κ3) is 4.08. The molecule has 4 bridgehead atoms. The number of aromatic nitrogens is 2. The highest BCUT2D eigenvalue weighted by Crippen LogP contribution is 2.55. The van der Waals surface area contributed by atoms with Crippen LogP contribution in [0.15, 0.2) is 41.5 Å². The maximum absolute atomic E-state index is 13.0. The van der Waals surface area contributed by atoms with Crippen LogP contribution in [0.4, 0.5) is 5.69 Å². The van der Waals surface area contributed by atoms with Gasteiger partial charge in [-0.25, -0.2) is 0 Å². The van der Waals surface area contributed by atoms with Crippen molar-refractivity contribution in [2.45, 2.75) is 51.0 Å². The Morgan fingerprint density at radius 1 is 1.11 bits per heavy atom. The molecule has 1 aromatic carbocycles. The quantitative estimate of drug-likeness (QED) is 0.448. The number of fused-ring (bicyclic) bond motifs is 1. The fourth-order valence-corrected chi connectivity index (χ4v) is 6.94. The van der Waals surface area contributed by atoms with Gasteiger partial charge in [-0.1, -0.05) is 0 Å². The number of aliphatic carboxylic acids is 1. The SMILES string of the molecule is [2H]C([2H])([2H])n1cc(-c2cc(NC(=O)CCC(=O)O)ccc2OC2C3CC4CC(C3)CC2C4)c2cc[nH]c2c1=O. The first-order valence-electron chi connectivity index (χ1n) is 14.1. The lowest BCUT2D eigenvalue weighted by molar-refractivity contribution is -0.138. The molecule has 4 aliphatic carbocycles. The molecule has 1 amide bonds. The highest BCUT2D eigenvalue weighted by molar-refractivity contribution is 5.98. The molecule has 4 aliphatic rings. The van der Waals surface area contributed by atoms with Gasteiger partial charge in [0.1, 0.15) is 17.4 Å². The molecule has 36 heavy (non-hydrogen) atoms. The highest BCUT2D eigenvalue weighted by atomic mass is 16.5. The second-order valence-corrected chi connectivity index (χ2v) is 10.7. The number of aryl methyl sites for hydroxylation is 1. The standard InChI is InChI=1S/C28H31N3O5/c1-31-14-22(20-6-7-29-26(20)28(31)35)21-13-19(30-24(32)4-5-25(33)34)2-3-23(21)36-27-17-9-15-8-16(11-17)12-18(27)10-15/h2-3,6-7,13-18,27,29H,4-5,8-12H2,1H3,(H,30,32)(H,33,34)/i1D3. The van der Waals surface area contributed by atoms with Gasteiger partial charge in [0.25, 0.3) is 5.56 Å². The summed E-state index contributed by atoms with van der Waals surface area (Å²) >= 11 is 0. The van der Waals surface area contributed by atoms with Crippen molar-refractivity contribution in [2.75, 3.05) is 5.32 Å². The molecule has 3 aromatic rings. The number of H-pyrrole nitrogens is 1. The lowest BCUT2D eigenvalue weighted by atomic mass is 9.55. The van der Waals surface area contributed by atoms with E-state index in [1.807, 2.05) is 0 Å². The highest BCUT2D eigenvalue weighted by Gasteiger charge is 2.49. The molecule has 8 heteroatoms. The summed E-state index contributed by atoms with van der Waals surface area (Å²) in [7, 11) is 0. The number of nitrogens with one attached hydrogen (secondary N) is 2. The number of carboxylic acid groups (broad SMARTS) is 1. The van der Waals surface area contributed by atoms with Gasteiger partial charge < -0.3 is 24.7 Å². The van der Waals surface area contributed by atoms with Crippen LogP contribution < -0.4 is 15.6 Å². The number of carboxylic acids is 1. The summed E-state index contributed by atoms with van der Waals surface area (Å²) in [5, 5.41) is 12.2. The number of anilines is 1. The molecule has 7 rings (SSSR count). The summed E-state index contributed by atoms with van der Waals surface area (Å²) in [5.74, 6) is 1.56. The van der Waals surface area contributed by atoms with Crippen molar-refractivity contribution in [2.24, 2.45) is 30.6 Å². The van der Waals surface area contributed by atoms with E-state index in [-0.39, 0.29) is 24.5 Å². The molecule has 8 nitrogen and oxygen atoms in total. The number of amides is 1. The number of nitrogens with zero attached hydrogens (tertiary/aromatic N) is 1. The monoisotopic (exact) mass is 492 g/mol. The fraction of sp³-hybridized carbons (Fsp3) is 0.464. The molecule has 4 fully saturated rings. The molecular weight excluding hydrogens is 458 g/mol. The molecule has 4 saturated carbocycles. The van der Waals surface area contributed by atoms with Gasteiger partial charge >= 0.3 is 5.97 Å². The van der Waals surface area contributed by atoms with E-state index in [1.165, 1.54) is 12.6 Å². The Kier molecular flexibility index (Phi) is 4.81. The summed E-state index contributed by atoms with van der Waals surface area (Å²) in [5.41, 5.74) is 0.985. The van der Waals surface area contributed by atoms with Crippen LogP contribution in [0, 0.1) is 23.7 Å². The smallest absolute Gasteiger partial charge is 0.303 e. The van der Waals surface area contributed by atoms with E-state index in [4.69, 9.17) is 14.0 Å². The number of carbonyl (C=O) groups is 2. The van der Waals surface area contributed by atoms with Crippen LogP contribution in [0.2, 0.25) is 0 Å². The largest absolute Gasteiger partial charge is 0.489 e. The number of pyridine rings is 1. The Morgan fingerprint density at radius 2 is 1.86 bits per heavy atom. The van der Waals surface area contributed by atoms with Gasteiger partial charge in [0, 0.05) is 52.1 Å². The fourth-order valence-electron chi connectivity index (χ4n) is 6.94. The third-order valence-corrected chi connectivity index (χ3v) is 8.25. The van der Waals surface area contributed by atoms with E-state index in [0.29, 0.717) is 39.8 Å². The lowest BCUT2D eigenvalue weighted by Gasteiger charge is -2.53. The number of hydrogen-bond acceptors (Lipinski definition) is 4. The van der Waals surface area contributed by atoms with Crippen molar-refractivity contribution in [3.05, 3.63) is 47.0 Å². The van der Waals surface area contributed by atoms with E-state index < -0.39 is 24.4 Å². The molecule has 0 saturated heterocycles. The zero-order valence-corrected chi connectivity index (χ0v) is 19.8. The molecule has 2 heterocycles. The van der Waals surface area contributed by atoms with Gasteiger partial charge in [0.2, 0.25) is 5.91 Å². The van der Waals surface area contributed by atoms with Gasteiger partial charge in [-0.05, 0) is 80.0 Å². The normalized spacial score (nSPS) is 27.9. The molecule has 188 valence electrons. The van der Waals surface area contributed by atoms with E-state index in [9.17, 15) is 14.4 Å². The minimum Gasteiger partial charge on any atom is -0.489 e.